The highest BCUT2D eigenvalue weighted by Gasteiger charge is 2.43. The summed E-state index contributed by atoms with van der Waals surface area (Å²) in [6.45, 7) is 1.31. The zero-order valence-electron chi connectivity index (χ0n) is 16.4. The molecule has 5 heteroatoms. The Morgan fingerprint density at radius 2 is 2.07 bits per heavy atom. The Morgan fingerprint density at radius 1 is 1.25 bits per heavy atom. The van der Waals surface area contributed by atoms with E-state index in [-0.39, 0.29) is 24.5 Å². The molecular weight excluding hydrogens is 356 g/mol. The van der Waals surface area contributed by atoms with E-state index in [1.54, 1.807) is 0 Å². The number of hydrogen-bond acceptors (Lipinski definition) is 4. The Kier molecular flexibility index (Phi) is 7.92. The lowest BCUT2D eigenvalue weighted by molar-refractivity contribution is -0.137. The van der Waals surface area contributed by atoms with E-state index in [4.69, 9.17) is 14.6 Å². The van der Waals surface area contributed by atoms with Crippen LogP contribution in [0, 0.1) is 17.8 Å². The fourth-order valence-corrected chi connectivity index (χ4v) is 4.50. The summed E-state index contributed by atoms with van der Waals surface area (Å²) >= 11 is 0. The standard InChI is InChI=1S/C23H32O5/c24-21-15-22-20(13-12-17(16-28-22)7-6-11-23(25)26)19(21)10-4-5-14-27-18-8-2-1-3-9-18/h1-4,8-10,17,19-22,24H,5-7,11-16H2,(H,25,26)/t17-,19+,20+,21+,22-/m0/s1. The van der Waals surface area contributed by atoms with Gasteiger partial charge in [-0.3, -0.25) is 4.79 Å². The fraction of sp³-hybridized carbons (Fsp3) is 0.609. The van der Waals surface area contributed by atoms with Crippen LogP contribution in [-0.4, -0.2) is 41.6 Å². The van der Waals surface area contributed by atoms with Crippen LogP contribution in [0.2, 0.25) is 0 Å². The Morgan fingerprint density at radius 3 is 2.86 bits per heavy atom. The predicted molar refractivity (Wildman–Crippen MR) is 107 cm³/mol. The summed E-state index contributed by atoms with van der Waals surface area (Å²) in [7, 11) is 0. The number of ether oxygens (including phenoxy) is 2. The zero-order valence-corrected chi connectivity index (χ0v) is 16.4. The van der Waals surface area contributed by atoms with Crippen LogP contribution >= 0.6 is 0 Å². The third kappa shape index (κ3) is 6.08. The number of para-hydroxylation sites is 1. The van der Waals surface area contributed by atoms with Crippen molar-refractivity contribution in [2.75, 3.05) is 13.2 Å². The van der Waals surface area contributed by atoms with Crippen molar-refractivity contribution in [3.8, 4) is 5.75 Å². The van der Waals surface area contributed by atoms with Gasteiger partial charge < -0.3 is 19.7 Å². The molecule has 0 bridgehead atoms. The van der Waals surface area contributed by atoms with Crippen LogP contribution in [0.4, 0.5) is 0 Å². The van der Waals surface area contributed by atoms with Crippen molar-refractivity contribution >= 4 is 5.97 Å². The number of aliphatic hydroxyl groups is 1. The molecule has 0 unspecified atom stereocenters. The summed E-state index contributed by atoms with van der Waals surface area (Å²) in [5, 5.41) is 19.3. The van der Waals surface area contributed by atoms with Gasteiger partial charge in [-0.15, -0.1) is 0 Å². The quantitative estimate of drug-likeness (QED) is 0.493. The Balaban J connectivity index is 1.44. The maximum Gasteiger partial charge on any atom is 0.303 e. The molecule has 0 radical (unpaired) electrons. The van der Waals surface area contributed by atoms with Crippen molar-refractivity contribution < 1.29 is 24.5 Å². The smallest absolute Gasteiger partial charge is 0.303 e. The fourth-order valence-electron chi connectivity index (χ4n) is 4.50. The molecule has 1 aliphatic heterocycles. The summed E-state index contributed by atoms with van der Waals surface area (Å²) in [5.74, 6) is 1.08. The molecule has 154 valence electrons. The van der Waals surface area contributed by atoms with Gasteiger partial charge in [-0.1, -0.05) is 30.4 Å². The SMILES string of the molecule is O=C(O)CCC[C@H]1CC[C@@H]2[C@@H](C=CCCOc3ccccc3)[C@H](O)C[C@@H]2OC1. The molecule has 2 fully saturated rings. The van der Waals surface area contributed by atoms with Crippen molar-refractivity contribution in [1.82, 2.24) is 0 Å². The lowest BCUT2D eigenvalue weighted by Crippen LogP contribution is -2.21. The molecule has 2 N–H and O–H groups in total. The Hall–Kier alpha value is -1.85. The highest BCUT2D eigenvalue weighted by atomic mass is 16.5. The number of rotatable bonds is 9. The second-order valence-corrected chi connectivity index (χ2v) is 8.02. The van der Waals surface area contributed by atoms with Gasteiger partial charge >= 0.3 is 5.97 Å². The maximum absolute atomic E-state index is 10.7. The molecule has 1 aromatic rings. The van der Waals surface area contributed by atoms with Crippen molar-refractivity contribution in [3.63, 3.8) is 0 Å². The van der Waals surface area contributed by atoms with Crippen LogP contribution in [0.3, 0.4) is 0 Å². The van der Waals surface area contributed by atoms with Crippen molar-refractivity contribution in [2.24, 2.45) is 17.8 Å². The summed E-state index contributed by atoms with van der Waals surface area (Å²) in [6.07, 6.45) is 9.50. The number of aliphatic hydroxyl groups excluding tert-OH is 1. The second kappa shape index (κ2) is 10.6. The molecule has 0 spiro atoms. The monoisotopic (exact) mass is 388 g/mol. The van der Waals surface area contributed by atoms with Crippen molar-refractivity contribution in [1.29, 1.82) is 0 Å². The van der Waals surface area contributed by atoms with E-state index < -0.39 is 5.97 Å². The molecule has 5 atom stereocenters. The van der Waals surface area contributed by atoms with E-state index in [1.165, 1.54) is 0 Å². The molecule has 2 aliphatic rings. The third-order valence-corrected chi connectivity index (χ3v) is 6.00. The molecule has 1 saturated heterocycles. The van der Waals surface area contributed by atoms with E-state index in [0.29, 0.717) is 37.9 Å². The van der Waals surface area contributed by atoms with Crippen molar-refractivity contribution in [3.05, 3.63) is 42.5 Å². The summed E-state index contributed by atoms with van der Waals surface area (Å²) in [6, 6.07) is 9.79. The van der Waals surface area contributed by atoms with Crippen LogP contribution in [-0.2, 0) is 9.53 Å². The van der Waals surface area contributed by atoms with E-state index in [2.05, 4.69) is 12.2 Å². The van der Waals surface area contributed by atoms with Gasteiger partial charge in [0, 0.05) is 25.4 Å². The first-order valence-corrected chi connectivity index (χ1v) is 10.5. The minimum atomic E-state index is -0.726. The van der Waals surface area contributed by atoms with Gasteiger partial charge in [0.15, 0.2) is 0 Å². The van der Waals surface area contributed by atoms with Crippen LogP contribution < -0.4 is 4.74 Å². The molecule has 3 rings (SSSR count). The molecule has 0 aromatic heterocycles. The minimum Gasteiger partial charge on any atom is -0.493 e. The first-order valence-electron chi connectivity index (χ1n) is 10.5. The number of benzene rings is 1. The van der Waals surface area contributed by atoms with Gasteiger partial charge in [0.2, 0.25) is 0 Å². The number of carboxylic acid groups (broad SMARTS) is 1. The van der Waals surface area contributed by atoms with E-state index >= 15 is 0 Å². The maximum atomic E-state index is 10.7. The molecule has 1 saturated carbocycles. The highest BCUT2D eigenvalue weighted by molar-refractivity contribution is 5.66. The lowest BCUT2D eigenvalue weighted by Gasteiger charge is -2.20. The molecule has 28 heavy (non-hydrogen) atoms. The van der Waals surface area contributed by atoms with Crippen LogP contribution in [0.1, 0.15) is 44.9 Å². The normalized spacial score (nSPS) is 30.1. The number of fused-ring (bicyclic) bond motifs is 1. The van der Waals surface area contributed by atoms with Gasteiger partial charge in [-0.05, 0) is 56.1 Å². The third-order valence-electron chi connectivity index (χ3n) is 6.00. The zero-order chi connectivity index (χ0) is 19.8. The summed E-state index contributed by atoms with van der Waals surface area (Å²) < 4.78 is 11.8. The lowest BCUT2D eigenvalue weighted by atomic mass is 9.86. The molecule has 5 nitrogen and oxygen atoms in total. The molecule has 1 heterocycles. The van der Waals surface area contributed by atoms with Crippen molar-refractivity contribution in [2.45, 2.75) is 57.2 Å². The summed E-state index contributed by atoms with van der Waals surface area (Å²) in [5.41, 5.74) is 0. The van der Waals surface area contributed by atoms with Gasteiger partial charge in [-0.25, -0.2) is 0 Å². The number of hydrogen-bond donors (Lipinski definition) is 2. The highest BCUT2D eigenvalue weighted by Crippen LogP contribution is 2.41. The number of carbonyl (C=O) groups is 1. The van der Waals surface area contributed by atoms with E-state index in [9.17, 15) is 9.90 Å². The first-order chi connectivity index (χ1) is 13.6. The second-order valence-electron chi connectivity index (χ2n) is 8.02. The molecule has 1 aliphatic carbocycles. The van der Waals surface area contributed by atoms with E-state index in [1.807, 2.05) is 30.3 Å². The van der Waals surface area contributed by atoms with Crippen LogP contribution in [0.15, 0.2) is 42.5 Å². The van der Waals surface area contributed by atoms with E-state index in [0.717, 1.165) is 31.4 Å². The topological polar surface area (TPSA) is 76.0 Å². The van der Waals surface area contributed by atoms with Gasteiger partial charge in [0.05, 0.1) is 18.8 Å². The summed E-state index contributed by atoms with van der Waals surface area (Å²) in [4.78, 5) is 10.7. The molecule has 0 amide bonds. The number of carboxylic acids is 1. The minimum absolute atomic E-state index is 0.120. The molecule has 1 aromatic carbocycles. The Bertz CT molecular complexity index is 629. The van der Waals surface area contributed by atoms with Gasteiger partial charge in [0.25, 0.3) is 0 Å². The number of aliphatic carboxylic acids is 1. The average molecular weight is 389 g/mol. The van der Waals surface area contributed by atoms with Crippen LogP contribution in [0.25, 0.3) is 0 Å². The Labute approximate surface area is 167 Å². The van der Waals surface area contributed by atoms with Crippen LogP contribution in [0.5, 0.6) is 5.75 Å². The predicted octanol–water partition coefficient (Wildman–Crippen LogP) is 4.06. The molecular formula is C23H32O5. The van der Waals surface area contributed by atoms with Gasteiger partial charge in [0.1, 0.15) is 5.75 Å². The first kappa shape index (κ1) is 20.9. The largest absolute Gasteiger partial charge is 0.493 e. The average Bonchev–Trinajstić information content (AvgIpc) is 2.84. The van der Waals surface area contributed by atoms with Gasteiger partial charge in [-0.2, -0.15) is 0 Å².